The first kappa shape index (κ1) is 19.5. The molecule has 0 aromatic rings. The number of amides is 1. The van der Waals surface area contributed by atoms with E-state index in [2.05, 4.69) is 33.0 Å². The zero-order chi connectivity index (χ0) is 15.2. The molecular weight excluding hydrogens is 246 g/mol. The molecule has 0 fully saturated rings. The van der Waals surface area contributed by atoms with E-state index in [1.165, 1.54) is 57.8 Å². The molecule has 20 heavy (non-hydrogen) atoms. The van der Waals surface area contributed by atoms with Gasteiger partial charge in [-0.25, -0.2) is 0 Å². The number of carbonyl (C=O) groups excluding carboxylic acids is 1. The van der Waals surface area contributed by atoms with Gasteiger partial charge in [0.2, 0.25) is 5.91 Å². The molecule has 0 heterocycles. The van der Waals surface area contributed by atoms with E-state index >= 15 is 0 Å². The number of hydrogen-bond acceptors (Lipinski definition) is 1. The Hall–Kier alpha value is -0.530. The van der Waals surface area contributed by atoms with Crippen LogP contribution in [0.1, 0.15) is 98.3 Å². The summed E-state index contributed by atoms with van der Waals surface area (Å²) in [5, 5.41) is 3.15. The molecule has 0 aromatic carbocycles. The Morgan fingerprint density at radius 3 is 1.95 bits per heavy atom. The van der Waals surface area contributed by atoms with Gasteiger partial charge in [0.1, 0.15) is 0 Å². The number of rotatable bonds is 13. The van der Waals surface area contributed by atoms with Crippen molar-refractivity contribution in [3.8, 4) is 0 Å². The summed E-state index contributed by atoms with van der Waals surface area (Å²) < 4.78 is 0. The van der Waals surface area contributed by atoms with E-state index < -0.39 is 0 Å². The Labute approximate surface area is 127 Å². The van der Waals surface area contributed by atoms with Gasteiger partial charge in [0.05, 0.1) is 0 Å². The predicted molar refractivity (Wildman–Crippen MR) is 88.9 cm³/mol. The smallest absolute Gasteiger partial charge is 0.220 e. The molecule has 0 aliphatic rings. The van der Waals surface area contributed by atoms with Crippen molar-refractivity contribution >= 4 is 5.91 Å². The van der Waals surface area contributed by atoms with Crippen molar-refractivity contribution in [3.05, 3.63) is 0 Å². The third-order valence-electron chi connectivity index (χ3n) is 3.98. The molecule has 0 rings (SSSR count). The molecule has 1 N–H and O–H groups in total. The van der Waals surface area contributed by atoms with Crippen molar-refractivity contribution in [3.63, 3.8) is 0 Å². The fourth-order valence-corrected chi connectivity index (χ4v) is 2.62. The van der Waals surface area contributed by atoms with Gasteiger partial charge < -0.3 is 5.32 Å². The van der Waals surface area contributed by atoms with Crippen LogP contribution in [0.3, 0.4) is 0 Å². The molecule has 0 aliphatic heterocycles. The van der Waals surface area contributed by atoms with Crippen LogP contribution in [0.25, 0.3) is 0 Å². The van der Waals surface area contributed by atoms with Crippen molar-refractivity contribution in [2.75, 3.05) is 0 Å². The average molecular weight is 284 g/mol. The van der Waals surface area contributed by atoms with E-state index in [1.807, 2.05) is 0 Å². The van der Waals surface area contributed by atoms with Gasteiger partial charge in [-0.05, 0) is 19.3 Å². The second-order valence-corrected chi connectivity index (χ2v) is 6.48. The lowest BCUT2D eigenvalue weighted by atomic mass is 9.99. The molecule has 2 unspecified atom stereocenters. The normalized spacial score (nSPS) is 14.0. The highest BCUT2D eigenvalue weighted by molar-refractivity contribution is 5.76. The number of nitrogens with one attached hydrogen (secondary N) is 1. The molecule has 0 radical (unpaired) electrons. The van der Waals surface area contributed by atoms with Crippen molar-refractivity contribution in [2.24, 2.45) is 5.92 Å². The van der Waals surface area contributed by atoms with Crippen LogP contribution < -0.4 is 5.32 Å². The third-order valence-corrected chi connectivity index (χ3v) is 3.98. The van der Waals surface area contributed by atoms with Crippen molar-refractivity contribution in [2.45, 2.75) is 104 Å². The van der Waals surface area contributed by atoms with Gasteiger partial charge in [-0.3, -0.25) is 4.79 Å². The van der Waals surface area contributed by atoms with Crippen molar-refractivity contribution in [1.82, 2.24) is 5.32 Å². The summed E-state index contributed by atoms with van der Waals surface area (Å²) in [5.41, 5.74) is 0. The maximum atomic E-state index is 11.9. The molecule has 2 heteroatoms. The fourth-order valence-electron chi connectivity index (χ4n) is 2.62. The summed E-state index contributed by atoms with van der Waals surface area (Å²) in [7, 11) is 0. The number of carbonyl (C=O) groups is 1. The van der Waals surface area contributed by atoms with Crippen LogP contribution in [0.2, 0.25) is 0 Å². The van der Waals surface area contributed by atoms with Gasteiger partial charge in [0.15, 0.2) is 0 Å². The van der Waals surface area contributed by atoms with Gasteiger partial charge in [0, 0.05) is 12.5 Å². The molecule has 2 atom stereocenters. The average Bonchev–Trinajstić information content (AvgIpc) is 2.39. The minimum atomic E-state index is 0.246. The molecule has 2 nitrogen and oxygen atoms in total. The number of unbranched alkanes of at least 4 members (excludes halogenated alkanes) is 6. The van der Waals surface area contributed by atoms with Crippen LogP contribution in [-0.2, 0) is 4.79 Å². The third kappa shape index (κ3) is 12.5. The Balaban J connectivity index is 3.59. The molecular formula is C18H37NO. The molecule has 1 amide bonds. The number of hydrogen-bond donors (Lipinski definition) is 1. The second-order valence-electron chi connectivity index (χ2n) is 6.48. The van der Waals surface area contributed by atoms with E-state index in [-0.39, 0.29) is 5.91 Å². The van der Waals surface area contributed by atoms with E-state index in [0.29, 0.717) is 18.4 Å². The Morgan fingerprint density at radius 1 is 0.850 bits per heavy atom. The Kier molecular flexibility index (Phi) is 13.1. The second kappa shape index (κ2) is 13.5. The molecule has 0 spiro atoms. The van der Waals surface area contributed by atoms with E-state index in [9.17, 15) is 4.79 Å². The minimum absolute atomic E-state index is 0.246. The van der Waals surface area contributed by atoms with Crippen LogP contribution in [0.4, 0.5) is 0 Å². The lowest BCUT2D eigenvalue weighted by Crippen LogP contribution is -2.33. The molecule has 0 saturated heterocycles. The first-order chi connectivity index (χ1) is 9.60. The molecule has 120 valence electrons. The summed E-state index contributed by atoms with van der Waals surface area (Å²) in [6.07, 6.45) is 13.3. The zero-order valence-electron chi connectivity index (χ0n) is 14.3. The highest BCUT2D eigenvalue weighted by Gasteiger charge is 2.11. The van der Waals surface area contributed by atoms with E-state index in [0.717, 1.165) is 6.42 Å². The maximum Gasteiger partial charge on any atom is 0.220 e. The monoisotopic (exact) mass is 283 g/mol. The maximum absolute atomic E-state index is 11.9. The van der Waals surface area contributed by atoms with Crippen LogP contribution in [0, 0.1) is 5.92 Å². The molecule has 0 aliphatic carbocycles. The van der Waals surface area contributed by atoms with Crippen LogP contribution in [-0.4, -0.2) is 11.9 Å². The summed E-state index contributed by atoms with van der Waals surface area (Å²) in [6.45, 7) is 8.80. The summed E-state index contributed by atoms with van der Waals surface area (Å²) in [4.78, 5) is 11.9. The molecule has 0 bridgehead atoms. The van der Waals surface area contributed by atoms with E-state index in [1.54, 1.807) is 0 Å². The fraction of sp³-hybridized carbons (Fsp3) is 0.944. The summed E-state index contributed by atoms with van der Waals surface area (Å²) in [6, 6.07) is 0.339. The van der Waals surface area contributed by atoms with Gasteiger partial charge in [-0.1, -0.05) is 78.6 Å². The van der Waals surface area contributed by atoms with Crippen LogP contribution >= 0.6 is 0 Å². The quantitative estimate of drug-likeness (QED) is 0.447. The van der Waals surface area contributed by atoms with Crippen LogP contribution in [0.15, 0.2) is 0 Å². The highest BCUT2D eigenvalue weighted by Crippen LogP contribution is 2.14. The summed E-state index contributed by atoms with van der Waals surface area (Å²) >= 11 is 0. The Morgan fingerprint density at radius 2 is 1.40 bits per heavy atom. The highest BCUT2D eigenvalue weighted by atomic mass is 16.1. The van der Waals surface area contributed by atoms with Gasteiger partial charge in [-0.2, -0.15) is 0 Å². The van der Waals surface area contributed by atoms with Crippen molar-refractivity contribution < 1.29 is 4.79 Å². The SMILES string of the molecule is CCCCCCC(C)CC(=O)NC(C)CCCCCC. The first-order valence-corrected chi connectivity index (χ1v) is 8.89. The minimum Gasteiger partial charge on any atom is -0.354 e. The van der Waals surface area contributed by atoms with Gasteiger partial charge in [0.25, 0.3) is 0 Å². The largest absolute Gasteiger partial charge is 0.354 e. The topological polar surface area (TPSA) is 29.1 Å². The Bertz CT molecular complexity index is 205. The summed E-state index contributed by atoms with van der Waals surface area (Å²) in [5.74, 6) is 0.773. The van der Waals surface area contributed by atoms with E-state index in [4.69, 9.17) is 0 Å². The van der Waals surface area contributed by atoms with Gasteiger partial charge in [-0.15, -0.1) is 0 Å². The van der Waals surface area contributed by atoms with Gasteiger partial charge >= 0.3 is 0 Å². The van der Waals surface area contributed by atoms with Crippen molar-refractivity contribution in [1.29, 1.82) is 0 Å². The van der Waals surface area contributed by atoms with Crippen LogP contribution in [0.5, 0.6) is 0 Å². The standard InChI is InChI=1S/C18H37NO/c1-5-7-9-11-13-16(3)15-18(20)19-17(4)14-12-10-8-6-2/h16-17H,5-15H2,1-4H3,(H,19,20). The first-order valence-electron chi connectivity index (χ1n) is 8.89. The lowest BCUT2D eigenvalue weighted by molar-refractivity contribution is -0.122. The predicted octanol–water partition coefficient (Wildman–Crippen LogP) is 5.46. The zero-order valence-corrected chi connectivity index (χ0v) is 14.3. The molecule has 0 saturated carbocycles. The lowest BCUT2D eigenvalue weighted by Gasteiger charge is -2.16. The molecule has 0 aromatic heterocycles.